The molecule has 0 radical (unpaired) electrons. The van der Waals surface area contributed by atoms with Crippen molar-refractivity contribution in [2.24, 2.45) is 5.41 Å². The van der Waals surface area contributed by atoms with E-state index >= 15 is 0 Å². The largest absolute Gasteiger partial charge is 0.340 e. The normalized spacial score (nSPS) is 15.9. The predicted octanol–water partition coefficient (Wildman–Crippen LogP) is 2.77. The molecule has 0 spiro atoms. The second-order valence-electron chi connectivity index (χ2n) is 8.09. The van der Waals surface area contributed by atoms with Gasteiger partial charge in [0.2, 0.25) is 11.8 Å². The molecule has 1 N–H and O–H groups in total. The van der Waals surface area contributed by atoms with Crippen LogP contribution in [0.5, 0.6) is 0 Å². The Morgan fingerprint density at radius 2 is 1.64 bits per heavy atom. The first-order valence-corrected chi connectivity index (χ1v) is 9.10. The summed E-state index contributed by atoms with van der Waals surface area (Å²) in [6, 6.07) is 8.02. The second kappa shape index (κ2) is 8.48. The predicted molar refractivity (Wildman–Crippen MR) is 102 cm³/mol. The molecule has 0 aromatic heterocycles. The lowest BCUT2D eigenvalue weighted by Crippen LogP contribution is -2.49. The van der Waals surface area contributed by atoms with Gasteiger partial charge in [-0.15, -0.1) is 0 Å². The van der Waals surface area contributed by atoms with Gasteiger partial charge in [-0.25, -0.2) is 0 Å². The number of anilines is 1. The van der Waals surface area contributed by atoms with Crippen molar-refractivity contribution in [2.75, 3.05) is 38.0 Å². The number of rotatable bonds is 5. The highest BCUT2D eigenvalue weighted by Gasteiger charge is 2.24. The van der Waals surface area contributed by atoms with Crippen LogP contribution in [-0.2, 0) is 16.0 Å². The molecular formula is C20H31N3O2. The molecule has 1 heterocycles. The Kier molecular flexibility index (Phi) is 6.59. The van der Waals surface area contributed by atoms with Gasteiger partial charge in [-0.3, -0.25) is 14.5 Å². The molecule has 5 heteroatoms. The van der Waals surface area contributed by atoms with Gasteiger partial charge in [0.15, 0.2) is 0 Å². The number of amides is 2. The lowest BCUT2D eigenvalue weighted by atomic mass is 9.91. The molecule has 2 amide bonds. The topological polar surface area (TPSA) is 52.7 Å². The zero-order valence-electron chi connectivity index (χ0n) is 16.0. The van der Waals surface area contributed by atoms with E-state index in [4.69, 9.17) is 0 Å². The molecule has 0 saturated carbocycles. The molecule has 1 aliphatic heterocycles. The van der Waals surface area contributed by atoms with E-state index in [0.717, 1.165) is 44.8 Å². The summed E-state index contributed by atoms with van der Waals surface area (Å²) < 4.78 is 0. The van der Waals surface area contributed by atoms with Crippen molar-refractivity contribution in [1.82, 2.24) is 9.80 Å². The van der Waals surface area contributed by atoms with Crippen LogP contribution in [0, 0.1) is 5.41 Å². The number of nitrogens with zero attached hydrogens (tertiary/aromatic N) is 2. The molecule has 1 aromatic rings. The highest BCUT2D eigenvalue weighted by atomic mass is 16.2. The molecular weight excluding hydrogens is 314 g/mol. The van der Waals surface area contributed by atoms with Crippen molar-refractivity contribution in [3.63, 3.8) is 0 Å². The van der Waals surface area contributed by atoms with Gasteiger partial charge in [0.25, 0.3) is 0 Å². The van der Waals surface area contributed by atoms with E-state index in [9.17, 15) is 9.59 Å². The van der Waals surface area contributed by atoms with E-state index in [1.165, 1.54) is 12.5 Å². The fourth-order valence-corrected chi connectivity index (χ4v) is 3.03. The van der Waals surface area contributed by atoms with Crippen molar-refractivity contribution in [3.05, 3.63) is 29.8 Å². The Labute approximate surface area is 151 Å². The molecule has 1 aromatic carbocycles. The van der Waals surface area contributed by atoms with Gasteiger partial charge in [-0.2, -0.15) is 0 Å². The molecule has 2 rings (SSSR count). The number of hydrogen-bond donors (Lipinski definition) is 1. The number of carbonyl (C=O) groups excluding carboxylic acids is 2. The minimum Gasteiger partial charge on any atom is -0.340 e. The van der Waals surface area contributed by atoms with Crippen molar-refractivity contribution in [1.29, 1.82) is 0 Å². The maximum atomic E-state index is 12.3. The van der Waals surface area contributed by atoms with Crippen molar-refractivity contribution < 1.29 is 9.59 Å². The first-order chi connectivity index (χ1) is 11.7. The summed E-state index contributed by atoms with van der Waals surface area (Å²) in [5.41, 5.74) is 2.15. The minimum absolute atomic E-state index is 0.0494. The standard InChI is InChI=1S/C20H31N3O2/c1-16(24)21-18-7-5-17(6-8-18)9-10-22-11-13-23(14-12-22)19(25)15-20(2,3)4/h5-8H,9-15H2,1-4H3,(H,21,24). The van der Waals surface area contributed by atoms with Gasteiger partial charge >= 0.3 is 0 Å². The van der Waals surface area contributed by atoms with Gasteiger partial charge in [0.05, 0.1) is 0 Å². The smallest absolute Gasteiger partial charge is 0.223 e. The van der Waals surface area contributed by atoms with Crippen LogP contribution >= 0.6 is 0 Å². The number of nitrogens with one attached hydrogen (secondary N) is 1. The van der Waals surface area contributed by atoms with Crippen LogP contribution < -0.4 is 5.32 Å². The Bertz CT molecular complexity index is 582. The Hall–Kier alpha value is -1.88. The summed E-state index contributed by atoms with van der Waals surface area (Å²) in [5.74, 6) is 0.229. The first kappa shape index (κ1) is 19.4. The van der Waals surface area contributed by atoms with Crippen LogP contribution in [0.4, 0.5) is 5.69 Å². The molecule has 1 fully saturated rings. The summed E-state index contributed by atoms with van der Waals surface area (Å²) in [5, 5.41) is 2.78. The van der Waals surface area contributed by atoms with Crippen LogP contribution in [0.3, 0.4) is 0 Å². The average molecular weight is 345 g/mol. The zero-order chi connectivity index (χ0) is 18.4. The maximum absolute atomic E-state index is 12.3. The second-order valence-corrected chi connectivity index (χ2v) is 8.09. The maximum Gasteiger partial charge on any atom is 0.223 e. The molecule has 1 aliphatic rings. The quantitative estimate of drug-likeness (QED) is 0.893. The van der Waals surface area contributed by atoms with Crippen LogP contribution in [-0.4, -0.2) is 54.3 Å². The molecule has 138 valence electrons. The number of hydrogen-bond acceptors (Lipinski definition) is 3. The molecule has 5 nitrogen and oxygen atoms in total. The van der Waals surface area contributed by atoms with Crippen LogP contribution in [0.25, 0.3) is 0 Å². The fraction of sp³-hybridized carbons (Fsp3) is 0.600. The summed E-state index contributed by atoms with van der Waals surface area (Å²) in [7, 11) is 0. The molecule has 0 atom stereocenters. The van der Waals surface area contributed by atoms with E-state index in [1.807, 2.05) is 17.0 Å². The van der Waals surface area contributed by atoms with E-state index < -0.39 is 0 Å². The summed E-state index contributed by atoms with van der Waals surface area (Å²) >= 11 is 0. The van der Waals surface area contributed by atoms with E-state index in [1.54, 1.807) is 0 Å². The SMILES string of the molecule is CC(=O)Nc1ccc(CCN2CCN(C(=O)CC(C)(C)C)CC2)cc1. The zero-order valence-corrected chi connectivity index (χ0v) is 16.0. The summed E-state index contributed by atoms with van der Waals surface area (Å²) in [4.78, 5) is 27.7. The highest BCUT2D eigenvalue weighted by Crippen LogP contribution is 2.20. The monoisotopic (exact) mass is 345 g/mol. The number of piperazine rings is 1. The van der Waals surface area contributed by atoms with Gasteiger partial charge in [-0.1, -0.05) is 32.9 Å². The minimum atomic E-state index is -0.0494. The third-order valence-electron chi connectivity index (χ3n) is 4.40. The molecule has 1 saturated heterocycles. The first-order valence-electron chi connectivity index (χ1n) is 9.10. The molecule has 0 aliphatic carbocycles. The van der Waals surface area contributed by atoms with Crippen LogP contribution in [0.1, 0.15) is 39.7 Å². The fourth-order valence-electron chi connectivity index (χ4n) is 3.03. The molecule has 0 bridgehead atoms. The van der Waals surface area contributed by atoms with Crippen molar-refractivity contribution in [2.45, 2.75) is 40.5 Å². The lowest BCUT2D eigenvalue weighted by molar-refractivity contribution is -0.134. The van der Waals surface area contributed by atoms with Gasteiger partial charge in [-0.05, 0) is 29.5 Å². The van der Waals surface area contributed by atoms with E-state index in [0.29, 0.717) is 6.42 Å². The van der Waals surface area contributed by atoms with E-state index in [-0.39, 0.29) is 17.2 Å². The van der Waals surface area contributed by atoms with Crippen LogP contribution in [0.2, 0.25) is 0 Å². The van der Waals surface area contributed by atoms with Gasteiger partial charge in [0, 0.05) is 51.8 Å². The number of carbonyl (C=O) groups is 2. The van der Waals surface area contributed by atoms with Crippen molar-refractivity contribution in [3.8, 4) is 0 Å². The van der Waals surface area contributed by atoms with Gasteiger partial charge in [0.1, 0.15) is 0 Å². The third-order valence-corrected chi connectivity index (χ3v) is 4.40. The molecule has 25 heavy (non-hydrogen) atoms. The Balaban J connectivity index is 1.73. The highest BCUT2D eigenvalue weighted by molar-refractivity contribution is 5.88. The van der Waals surface area contributed by atoms with Crippen LogP contribution in [0.15, 0.2) is 24.3 Å². The van der Waals surface area contributed by atoms with E-state index in [2.05, 4.69) is 43.1 Å². The lowest BCUT2D eigenvalue weighted by Gasteiger charge is -2.36. The molecule has 0 unspecified atom stereocenters. The Morgan fingerprint density at radius 1 is 1.04 bits per heavy atom. The third kappa shape index (κ3) is 6.86. The van der Waals surface area contributed by atoms with Crippen molar-refractivity contribution >= 4 is 17.5 Å². The average Bonchev–Trinajstić information content (AvgIpc) is 2.52. The number of benzene rings is 1. The summed E-state index contributed by atoms with van der Waals surface area (Å²) in [6.07, 6.45) is 1.60. The summed E-state index contributed by atoms with van der Waals surface area (Å²) in [6.45, 7) is 12.4. The Morgan fingerprint density at radius 3 is 2.16 bits per heavy atom. The van der Waals surface area contributed by atoms with Gasteiger partial charge < -0.3 is 10.2 Å².